The Kier molecular flexibility index (Phi) is 5.02. The SMILES string of the molecule is O=C([O-])c1ccccc1Cc1ccccc1.[Li+]. The normalized spacial score (nSPS) is 9.41. The zero-order chi connectivity index (χ0) is 11.4. The van der Waals surface area contributed by atoms with Gasteiger partial charge in [-0.2, -0.15) is 0 Å². The van der Waals surface area contributed by atoms with Crippen LogP contribution in [-0.2, 0) is 6.42 Å². The summed E-state index contributed by atoms with van der Waals surface area (Å²) in [6.07, 6.45) is 0.616. The molecule has 2 aromatic rings. The van der Waals surface area contributed by atoms with E-state index in [0.29, 0.717) is 6.42 Å². The van der Waals surface area contributed by atoms with E-state index in [9.17, 15) is 9.90 Å². The molecule has 17 heavy (non-hydrogen) atoms. The molecule has 0 heterocycles. The summed E-state index contributed by atoms with van der Waals surface area (Å²) in [6, 6.07) is 16.7. The molecule has 0 amide bonds. The number of benzene rings is 2. The van der Waals surface area contributed by atoms with Crippen LogP contribution in [0.25, 0.3) is 0 Å². The average molecular weight is 218 g/mol. The summed E-state index contributed by atoms with van der Waals surface area (Å²) < 4.78 is 0. The third-order valence-corrected chi connectivity index (χ3v) is 2.47. The summed E-state index contributed by atoms with van der Waals surface area (Å²) in [7, 11) is 0. The van der Waals surface area contributed by atoms with E-state index >= 15 is 0 Å². The Morgan fingerprint density at radius 3 is 2.18 bits per heavy atom. The zero-order valence-electron chi connectivity index (χ0n) is 9.72. The van der Waals surface area contributed by atoms with Gasteiger partial charge in [-0.15, -0.1) is 0 Å². The molecule has 2 nitrogen and oxygen atoms in total. The van der Waals surface area contributed by atoms with Crippen molar-refractivity contribution in [3.63, 3.8) is 0 Å². The van der Waals surface area contributed by atoms with Crippen molar-refractivity contribution in [1.82, 2.24) is 0 Å². The molecule has 0 aliphatic carbocycles. The standard InChI is InChI=1S/C14H12O2.Li/c15-14(16)13-9-5-4-8-12(13)10-11-6-2-1-3-7-11;/h1-9H,10H2,(H,15,16);/q;+1/p-1. The van der Waals surface area contributed by atoms with E-state index < -0.39 is 5.97 Å². The minimum atomic E-state index is -1.12. The fraction of sp³-hybridized carbons (Fsp3) is 0.0714. The summed E-state index contributed by atoms with van der Waals surface area (Å²) in [4.78, 5) is 10.9. The third-order valence-electron chi connectivity index (χ3n) is 2.47. The molecule has 3 heteroatoms. The van der Waals surface area contributed by atoms with Crippen LogP contribution in [0.4, 0.5) is 0 Å². The molecule has 2 aromatic carbocycles. The Balaban J connectivity index is 0.00000144. The van der Waals surface area contributed by atoms with Crippen molar-refractivity contribution < 1.29 is 28.8 Å². The van der Waals surface area contributed by atoms with Gasteiger partial charge in [-0.25, -0.2) is 0 Å². The first-order valence-electron chi connectivity index (χ1n) is 5.10. The first-order valence-corrected chi connectivity index (χ1v) is 5.10. The van der Waals surface area contributed by atoms with Crippen molar-refractivity contribution in [3.8, 4) is 0 Å². The molecular formula is C14H11LiO2. The predicted octanol–water partition coefficient (Wildman–Crippen LogP) is -1.36. The van der Waals surface area contributed by atoms with E-state index in [4.69, 9.17) is 0 Å². The van der Waals surface area contributed by atoms with E-state index in [2.05, 4.69) is 0 Å². The molecule has 0 aliphatic heterocycles. The second kappa shape index (κ2) is 6.29. The van der Waals surface area contributed by atoms with Gasteiger partial charge in [-0.05, 0) is 17.5 Å². The zero-order valence-corrected chi connectivity index (χ0v) is 9.72. The molecule has 0 N–H and O–H groups in total. The Morgan fingerprint density at radius 2 is 1.53 bits per heavy atom. The van der Waals surface area contributed by atoms with E-state index in [1.807, 2.05) is 42.5 Å². The Labute approximate surface area is 112 Å². The van der Waals surface area contributed by atoms with Gasteiger partial charge in [-0.1, -0.05) is 54.6 Å². The molecule has 0 aliphatic rings. The summed E-state index contributed by atoms with van der Waals surface area (Å²) in [5.74, 6) is -1.12. The van der Waals surface area contributed by atoms with Gasteiger partial charge in [0.05, 0.1) is 5.97 Å². The molecule has 0 saturated carbocycles. The maximum Gasteiger partial charge on any atom is 1.00 e. The molecule has 0 radical (unpaired) electrons. The molecule has 0 fully saturated rings. The van der Waals surface area contributed by atoms with Gasteiger partial charge in [0.15, 0.2) is 0 Å². The van der Waals surface area contributed by atoms with Crippen LogP contribution in [0.15, 0.2) is 54.6 Å². The first-order chi connectivity index (χ1) is 7.77. The minimum Gasteiger partial charge on any atom is -0.545 e. The van der Waals surface area contributed by atoms with Crippen LogP contribution in [0.1, 0.15) is 21.5 Å². The molecular weight excluding hydrogens is 207 g/mol. The van der Waals surface area contributed by atoms with Crippen LogP contribution in [0.3, 0.4) is 0 Å². The minimum absolute atomic E-state index is 0. The molecule has 0 unspecified atom stereocenters. The second-order valence-corrected chi connectivity index (χ2v) is 3.61. The summed E-state index contributed by atoms with van der Waals surface area (Å²) in [5.41, 5.74) is 2.15. The monoisotopic (exact) mass is 218 g/mol. The molecule has 2 rings (SSSR count). The average Bonchev–Trinajstić information content (AvgIpc) is 2.31. The van der Waals surface area contributed by atoms with Gasteiger partial charge in [0, 0.05) is 5.56 Å². The first kappa shape index (κ1) is 13.6. The number of carbonyl (C=O) groups excluding carboxylic acids is 1. The maximum atomic E-state index is 10.9. The number of carboxylic acids is 1. The van der Waals surface area contributed by atoms with E-state index in [0.717, 1.165) is 11.1 Å². The molecule has 0 spiro atoms. The van der Waals surface area contributed by atoms with Crippen molar-refractivity contribution in [1.29, 1.82) is 0 Å². The largest absolute Gasteiger partial charge is 1.00 e. The quantitative estimate of drug-likeness (QED) is 0.597. The van der Waals surface area contributed by atoms with Crippen LogP contribution < -0.4 is 24.0 Å². The number of rotatable bonds is 3. The Hall–Kier alpha value is -1.49. The van der Waals surface area contributed by atoms with Crippen molar-refractivity contribution in [3.05, 3.63) is 71.3 Å². The van der Waals surface area contributed by atoms with E-state index in [1.54, 1.807) is 12.1 Å². The number of carboxylic acid groups (broad SMARTS) is 1. The van der Waals surface area contributed by atoms with Crippen molar-refractivity contribution in [2.75, 3.05) is 0 Å². The topological polar surface area (TPSA) is 40.1 Å². The van der Waals surface area contributed by atoms with Crippen molar-refractivity contribution in [2.24, 2.45) is 0 Å². The number of carbonyl (C=O) groups is 1. The Bertz CT molecular complexity index is 495. The van der Waals surface area contributed by atoms with Gasteiger partial charge in [-0.3, -0.25) is 0 Å². The maximum absolute atomic E-state index is 10.9. The van der Waals surface area contributed by atoms with Crippen molar-refractivity contribution in [2.45, 2.75) is 6.42 Å². The molecule has 0 saturated heterocycles. The van der Waals surface area contributed by atoms with Crippen LogP contribution in [0.5, 0.6) is 0 Å². The second-order valence-electron chi connectivity index (χ2n) is 3.61. The van der Waals surface area contributed by atoms with Crippen molar-refractivity contribution >= 4 is 5.97 Å². The van der Waals surface area contributed by atoms with Crippen LogP contribution in [-0.4, -0.2) is 5.97 Å². The summed E-state index contributed by atoms with van der Waals surface area (Å²) >= 11 is 0. The number of hydrogen-bond donors (Lipinski definition) is 0. The number of hydrogen-bond acceptors (Lipinski definition) is 2. The van der Waals surface area contributed by atoms with Crippen LogP contribution in [0, 0.1) is 0 Å². The summed E-state index contributed by atoms with van der Waals surface area (Å²) in [6.45, 7) is 0. The molecule has 0 bridgehead atoms. The third kappa shape index (κ3) is 3.49. The van der Waals surface area contributed by atoms with Gasteiger partial charge < -0.3 is 9.90 Å². The fourth-order valence-corrected chi connectivity index (χ4v) is 1.69. The van der Waals surface area contributed by atoms with Crippen LogP contribution >= 0.6 is 0 Å². The molecule has 0 aromatic heterocycles. The Morgan fingerprint density at radius 1 is 0.941 bits per heavy atom. The fourth-order valence-electron chi connectivity index (χ4n) is 1.69. The van der Waals surface area contributed by atoms with Gasteiger partial charge in [0.2, 0.25) is 0 Å². The van der Waals surface area contributed by atoms with Crippen LogP contribution in [0.2, 0.25) is 0 Å². The molecule has 0 atom stereocenters. The van der Waals surface area contributed by atoms with Gasteiger partial charge in [0.1, 0.15) is 0 Å². The van der Waals surface area contributed by atoms with E-state index in [1.165, 1.54) is 0 Å². The molecule has 80 valence electrons. The summed E-state index contributed by atoms with van der Waals surface area (Å²) in [5, 5.41) is 10.9. The smallest absolute Gasteiger partial charge is 0.545 e. The predicted molar refractivity (Wildman–Crippen MR) is 60.0 cm³/mol. The van der Waals surface area contributed by atoms with Gasteiger partial charge >= 0.3 is 18.9 Å². The number of aromatic carboxylic acids is 1. The van der Waals surface area contributed by atoms with Gasteiger partial charge in [0.25, 0.3) is 0 Å². The van der Waals surface area contributed by atoms with E-state index in [-0.39, 0.29) is 24.4 Å².